The van der Waals surface area contributed by atoms with Gasteiger partial charge in [-0.2, -0.15) is 0 Å². The summed E-state index contributed by atoms with van der Waals surface area (Å²) in [5.41, 5.74) is -0.0384. The van der Waals surface area contributed by atoms with Gasteiger partial charge in [0.05, 0.1) is 33.0 Å². The van der Waals surface area contributed by atoms with E-state index in [2.05, 4.69) is 4.90 Å². The minimum Gasteiger partial charge on any atom is -0.395 e. The molecule has 0 heterocycles. The molecule has 2 rings (SSSR count). The Kier molecular flexibility index (Phi) is 11.4. The molecule has 0 aliphatic carbocycles. The summed E-state index contributed by atoms with van der Waals surface area (Å²) >= 11 is 0. The number of aliphatic hydroxyl groups is 3. The molecule has 0 saturated heterocycles. The van der Waals surface area contributed by atoms with E-state index in [9.17, 15) is 24.9 Å². The van der Waals surface area contributed by atoms with Crippen molar-refractivity contribution >= 4 is 11.6 Å². The number of aliphatic hydroxyl groups excluding tert-OH is 1. The highest BCUT2D eigenvalue weighted by Gasteiger charge is 2.25. The summed E-state index contributed by atoms with van der Waals surface area (Å²) in [6, 6.07) is 14.0. The Morgan fingerprint density at radius 3 is 1.36 bits per heavy atom. The van der Waals surface area contributed by atoms with Crippen molar-refractivity contribution in [1.29, 1.82) is 0 Å². The number of ketones is 2. The molecule has 198 valence electrons. The van der Waals surface area contributed by atoms with Crippen LogP contribution in [0.25, 0.3) is 0 Å². The molecular weight excluding hydrogens is 462 g/mol. The Morgan fingerprint density at radius 2 is 1.06 bits per heavy atom. The van der Waals surface area contributed by atoms with E-state index in [-0.39, 0.29) is 18.2 Å². The first kappa shape index (κ1) is 29.8. The monoisotopic (exact) mass is 501 g/mol. The molecule has 0 unspecified atom stereocenters. The molecule has 0 aliphatic heterocycles. The number of rotatable bonds is 16. The second kappa shape index (κ2) is 13.7. The van der Waals surface area contributed by atoms with Crippen LogP contribution in [0.1, 0.15) is 59.5 Å². The zero-order valence-electron chi connectivity index (χ0n) is 21.7. The first-order valence-electron chi connectivity index (χ1n) is 12.1. The molecule has 8 nitrogen and oxygen atoms in total. The lowest BCUT2D eigenvalue weighted by atomic mass is 9.96. The maximum absolute atomic E-state index is 12.1. The second-order valence-corrected chi connectivity index (χ2v) is 9.84. The molecular formula is C28H39NO7. The third kappa shape index (κ3) is 9.89. The van der Waals surface area contributed by atoms with Gasteiger partial charge in [-0.15, -0.1) is 0 Å². The van der Waals surface area contributed by atoms with Crippen LogP contribution in [0.5, 0.6) is 0 Å². The Morgan fingerprint density at radius 1 is 0.694 bits per heavy atom. The van der Waals surface area contributed by atoms with Crippen molar-refractivity contribution in [2.75, 3.05) is 39.5 Å². The Labute approximate surface area is 213 Å². The number of carbonyl (C=O) groups excluding carboxylic acids is 2. The molecule has 8 heteroatoms. The summed E-state index contributed by atoms with van der Waals surface area (Å²) < 4.78 is 11.5. The van der Waals surface area contributed by atoms with Crippen molar-refractivity contribution in [3.05, 3.63) is 70.8 Å². The van der Waals surface area contributed by atoms with Crippen LogP contribution in [0.4, 0.5) is 0 Å². The fourth-order valence-electron chi connectivity index (χ4n) is 3.46. The van der Waals surface area contributed by atoms with E-state index in [1.807, 2.05) is 24.3 Å². The Hall–Kier alpha value is -2.46. The third-order valence-corrected chi connectivity index (χ3v) is 5.60. The van der Waals surface area contributed by atoms with E-state index in [0.29, 0.717) is 57.2 Å². The highest BCUT2D eigenvalue weighted by atomic mass is 16.5. The van der Waals surface area contributed by atoms with Gasteiger partial charge in [0.2, 0.25) is 0 Å². The smallest absolute Gasteiger partial charge is 0.193 e. The quantitative estimate of drug-likeness (QED) is 0.237. The average Bonchev–Trinajstić information content (AvgIpc) is 2.83. The van der Waals surface area contributed by atoms with Gasteiger partial charge in [-0.25, -0.2) is 0 Å². The summed E-state index contributed by atoms with van der Waals surface area (Å²) in [5, 5.41) is 29.0. The van der Waals surface area contributed by atoms with Gasteiger partial charge in [-0.3, -0.25) is 14.5 Å². The minimum absolute atomic E-state index is 0.0351. The molecule has 0 saturated carbocycles. The van der Waals surface area contributed by atoms with E-state index in [1.54, 1.807) is 24.3 Å². The SMILES string of the molecule is CC(C)(O)C(=O)c1ccc(COCCN(CCO)CCOCc2ccc(C(=O)C(C)(C)O)cc2)cc1. The van der Waals surface area contributed by atoms with Crippen molar-refractivity contribution in [1.82, 2.24) is 4.90 Å². The Balaban J connectivity index is 1.70. The lowest BCUT2D eigenvalue weighted by Crippen LogP contribution is -2.33. The summed E-state index contributed by atoms with van der Waals surface area (Å²) in [5.74, 6) is -0.649. The lowest BCUT2D eigenvalue weighted by Gasteiger charge is -2.21. The fraction of sp³-hybridized carbons (Fsp3) is 0.500. The highest BCUT2D eigenvalue weighted by molar-refractivity contribution is 6.02. The van der Waals surface area contributed by atoms with E-state index >= 15 is 0 Å². The normalized spacial score (nSPS) is 12.2. The highest BCUT2D eigenvalue weighted by Crippen LogP contribution is 2.15. The summed E-state index contributed by atoms with van der Waals surface area (Å²) in [6.07, 6.45) is 0. The largest absolute Gasteiger partial charge is 0.395 e. The standard InChI is InChI=1S/C28H39NO7/c1-27(2,33)25(31)23-9-5-21(6-10-23)19-35-17-14-29(13-16-30)15-18-36-20-22-7-11-24(12-8-22)26(32)28(3,4)34/h5-12,30,33-34H,13-20H2,1-4H3. The number of benzene rings is 2. The molecule has 0 radical (unpaired) electrons. The zero-order valence-corrected chi connectivity index (χ0v) is 21.7. The first-order valence-corrected chi connectivity index (χ1v) is 12.1. The molecule has 0 fully saturated rings. The van der Waals surface area contributed by atoms with Crippen molar-refractivity contribution in [3.63, 3.8) is 0 Å². The summed E-state index contributed by atoms with van der Waals surface area (Å²) in [6.45, 7) is 9.42. The van der Waals surface area contributed by atoms with Crippen LogP contribution < -0.4 is 0 Å². The molecule has 0 amide bonds. The molecule has 0 aromatic heterocycles. The predicted molar refractivity (Wildman–Crippen MR) is 137 cm³/mol. The number of hydrogen-bond donors (Lipinski definition) is 3. The van der Waals surface area contributed by atoms with Crippen LogP contribution in [-0.2, 0) is 22.7 Å². The molecule has 36 heavy (non-hydrogen) atoms. The average molecular weight is 502 g/mol. The van der Waals surface area contributed by atoms with Gasteiger partial charge in [0.25, 0.3) is 0 Å². The van der Waals surface area contributed by atoms with Crippen LogP contribution in [0.15, 0.2) is 48.5 Å². The molecule has 0 spiro atoms. The van der Waals surface area contributed by atoms with E-state index in [0.717, 1.165) is 11.1 Å². The van der Waals surface area contributed by atoms with Gasteiger partial charge in [0.1, 0.15) is 11.2 Å². The van der Waals surface area contributed by atoms with Crippen LogP contribution >= 0.6 is 0 Å². The molecule has 0 aliphatic rings. The number of nitrogens with zero attached hydrogens (tertiary/aromatic N) is 1. The van der Waals surface area contributed by atoms with Crippen LogP contribution in [-0.4, -0.2) is 82.4 Å². The van der Waals surface area contributed by atoms with Gasteiger partial charge in [0.15, 0.2) is 11.6 Å². The van der Waals surface area contributed by atoms with Crippen molar-refractivity contribution < 1.29 is 34.4 Å². The number of carbonyl (C=O) groups is 2. The lowest BCUT2D eigenvalue weighted by molar-refractivity contribution is 0.0487. The van der Waals surface area contributed by atoms with Gasteiger partial charge >= 0.3 is 0 Å². The van der Waals surface area contributed by atoms with E-state index in [4.69, 9.17) is 9.47 Å². The Bertz CT molecular complexity index is 880. The molecule has 0 bridgehead atoms. The van der Waals surface area contributed by atoms with E-state index in [1.165, 1.54) is 27.7 Å². The number of hydrogen-bond acceptors (Lipinski definition) is 8. The van der Waals surface area contributed by atoms with Gasteiger partial charge in [0, 0.05) is 30.8 Å². The number of Topliss-reactive ketones (excluding diaryl/α,β-unsaturated/α-hetero) is 2. The van der Waals surface area contributed by atoms with Crippen LogP contribution in [0.3, 0.4) is 0 Å². The van der Waals surface area contributed by atoms with Crippen LogP contribution in [0.2, 0.25) is 0 Å². The first-order chi connectivity index (χ1) is 16.9. The minimum atomic E-state index is -1.40. The van der Waals surface area contributed by atoms with Gasteiger partial charge < -0.3 is 24.8 Å². The molecule has 3 N–H and O–H groups in total. The van der Waals surface area contributed by atoms with Crippen molar-refractivity contribution in [2.45, 2.75) is 52.1 Å². The van der Waals surface area contributed by atoms with Gasteiger partial charge in [-0.05, 0) is 38.8 Å². The number of ether oxygens (including phenoxy) is 2. The summed E-state index contributed by atoms with van der Waals surface area (Å²) in [7, 11) is 0. The summed E-state index contributed by atoms with van der Waals surface area (Å²) in [4.78, 5) is 26.2. The zero-order chi connectivity index (χ0) is 26.8. The maximum Gasteiger partial charge on any atom is 0.193 e. The van der Waals surface area contributed by atoms with Crippen molar-refractivity contribution in [2.24, 2.45) is 0 Å². The van der Waals surface area contributed by atoms with Gasteiger partial charge in [-0.1, -0.05) is 48.5 Å². The molecule has 2 aromatic rings. The molecule has 0 atom stereocenters. The molecule has 2 aromatic carbocycles. The second-order valence-electron chi connectivity index (χ2n) is 9.84. The third-order valence-electron chi connectivity index (χ3n) is 5.60. The van der Waals surface area contributed by atoms with Crippen LogP contribution in [0, 0.1) is 0 Å². The van der Waals surface area contributed by atoms with Crippen molar-refractivity contribution in [3.8, 4) is 0 Å². The predicted octanol–water partition coefficient (Wildman–Crippen LogP) is 2.62. The topological polar surface area (TPSA) is 117 Å². The fourth-order valence-corrected chi connectivity index (χ4v) is 3.46. The maximum atomic E-state index is 12.1. The van der Waals surface area contributed by atoms with E-state index < -0.39 is 11.2 Å².